The summed E-state index contributed by atoms with van der Waals surface area (Å²) < 4.78 is 20.4. The Morgan fingerprint density at radius 3 is 2.90 bits per heavy atom. The van der Waals surface area contributed by atoms with Gasteiger partial charge in [0.1, 0.15) is 5.82 Å². The molecule has 0 bridgehead atoms. The molecule has 0 aliphatic carbocycles. The quantitative estimate of drug-likeness (QED) is 0.564. The van der Waals surface area contributed by atoms with Crippen LogP contribution in [0, 0.1) is 5.82 Å². The number of thioether (sulfide) groups is 1. The van der Waals surface area contributed by atoms with Gasteiger partial charge in [0.25, 0.3) is 0 Å². The van der Waals surface area contributed by atoms with E-state index in [4.69, 9.17) is 10.3 Å². The number of nitrogens with two attached hydrogens (primary N) is 1. The lowest BCUT2D eigenvalue weighted by Gasteiger charge is -2.04. The molecule has 108 valence electrons. The van der Waals surface area contributed by atoms with E-state index in [1.54, 1.807) is 24.5 Å². The molecule has 0 aliphatic rings. The molecule has 2 N–H and O–H groups in total. The summed E-state index contributed by atoms with van der Waals surface area (Å²) in [5.41, 5.74) is 0.948. The Balaban J connectivity index is 1.77. The van der Waals surface area contributed by atoms with Gasteiger partial charge in [-0.15, -0.1) is 10.2 Å². The van der Waals surface area contributed by atoms with Crippen molar-refractivity contribution in [3.63, 3.8) is 0 Å². The molecule has 0 aliphatic heterocycles. The molecule has 2 aromatic heterocycles. The monoisotopic (exact) mass is 368 g/mol. The van der Waals surface area contributed by atoms with Gasteiger partial charge in [-0.05, 0) is 29.8 Å². The highest BCUT2D eigenvalue weighted by molar-refractivity contribution is 9.10. The summed E-state index contributed by atoms with van der Waals surface area (Å²) in [5, 5.41) is 8.60. The van der Waals surface area contributed by atoms with Gasteiger partial charge in [0.2, 0.25) is 11.0 Å². The topological polar surface area (TPSA) is 69.9 Å². The van der Waals surface area contributed by atoms with E-state index in [1.165, 1.54) is 28.6 Å². The zero-order valence-electron chi connectivity index (χ0n) is 10.7. The number of benzene rings is 1. The molecule has 0 spiro atoms. The van der Waals surface area contributed by atoms with Gasteiger partial charge < -0.3 is 10.3 Å². The van der Waals surface area contributed by atoms with Crippen molar-refractivity contribution in [1.29, 1.82) is 0 Å². The largest absolute Gasteiger partial charge is 0.461 e. The van der Waals surface area contributed by atoms with Crippen molar-refractivity contribution in [1.82, 2.24) is 14.9 Å². The smallest absolute Gasteiger partial charge is 0.218 e. The lowest BCUT2D eigenvalue weighted by molar-refractivity contribution is 0.574. The lowest BCUT2D eigenvalue weighted by atomic mass is 10.2. The number of rotatable bonds is 4. The van der Waals surface area contributed by atoms with Crippen LogP contribution in [0.3, 0.4) is 0 Å². The van der Waals surface area contributed by atoms with Crippen molar-refractivity contribution in [2.75, 3.05) is 5.84 Å². The standard InChI is InChI=1S/C13H10BrFN4OS/c14-10-6-9(15)4-3-8(10)7-21-13-18-17-12(19(13)16)11-2-1-5-20-11/h1-6H,7,16H2. The lowest BCUT2D eigenvalue weighted by Crippen LogP contribution is -2.11. The van der Waals surface area contributed by atoms with Crippen LogP contribution in [0.25, 0.3) is 11.6 Å². The fraction of sp³-hybridized carbons (Fsp3) is 0.0769. The van der Waals surface area contributed by atoms with Crippen LogP contribution in [-0.2, 0) is 5.75 Å². The Bertz CT molecular complexity index is 760. The average Bonchev–Trinajstić information content (AvgIpc) is 3.08. The molecular weight excluding hydrogens is 359 g/mol. The summed E-state index contributed by atoms with van der Waals surface area (Å²) in [6.45, 7) is 0. The molecule has 21 heavy (non-hydrogen) atoms. The highest BCUT2D eigenvalue weighted by Gasteiger charge is 2.14. The molecule has 0 amide bonds. The van der Waals surface area contributed by atoms with Crippen LogP contribution in [0.1, 0.15) is 5.56 Å². The normalized spacial score (nSPS) is 11.0. The van der Waals surface area contributed by atoms with Gasteiger partial charge in [-0.1, -0.05) is 33.8 Å². The number of hydrogen-bond acceptors (Lipinski definition) is 5. The Kier molecular flexibility index (Phi) is 3.98. The predicted octanol–water partition coefficient (Wildman–Crippen LogP) is 3.45. The molecule has 0 unspecified atom stereocenters. The van der Waals surface area contributed by atoms with Crippen molar-refractivity contribution in [3.05, 3.63) is 52.4 Å². The van der Waals surface area contributed by atoms with Crippen molar-refractivity contribution in [2.24, 2.45) is 0 Å². The van der Waals surface area contributed by atoms with Gasteiger partial charge in [0.05, 0.1) is 6.26 Å². The van der Waals surface area contributed by atoms with Gasteiger partial charge in [0, 0.05) is 10.2 Å². The maximum Gasteiger partial charge on any atom is 0.218 e. The highest BCUT2D eigenvalue weighted by atomic mass is 79.9. The highest BCUT2D eigenvalue weighted by Crippen LogP contribution is 2.27. The minimum atomic E-state index is -0.280. The number of nitrogens with zero attached hydrogens (tertiary/aromatic N) is 3. The summed E-state index contributed by atoms with van der Waals surface area (Å²) in [6.07, 6.45) is 1.55. The van der Waals surface area contributed by atoms with E-state index in [9.17, 15) is 4.39 Å². The summed E-state index contributed by atoms with van der Waals surface area (Å²) in [6, 6.07) is 8.08. The van der Waals surface area contributed by atoms with Crippen LogP contribution in [-0.4, -0.2) is 14.9 Å². The van der Waals surface area contributed by atoms with E-state index < -0.39 is 0 Å². The molecule has 5 nitrogen and oxygen atoms in total. The second-order valence-corrected chi connectivity index (χ2v) is 5.97. The van der Waals surface area contributed by atoms with Gasteiger partial charge in [0.15, 0.2) is 5.76 Å². The molecule has 0 saturated carbocycles. The van der Waals surface area contributed by atoms with Gasteiger partial charge >= 0.3 is 0 Å². The molecule has 0 fully saturated rings. The average molecular weight is 369 g/mol. The van der Waals surface area contributed by atoms with Crippen molar-refractivity contribution in [2.45, 2.75) is 10.9 Å². The predicted molar refractivity (Wildman–Crippen MR) is 81.5 cm³/mol. The van der Waals surface area contributed by atoms with Crippen LogP contribution in [0.4, 0.5) is 4.39 Å². The second kappa shape index (κ2) is 5.90. The molecule has 3 rings (SSSR count). The number of furan rings is 1. The molecule has 0 radical (unpaired) electrons. The van der Waals surface area contributed by atoms with E-state index in [0.29, 0.717) is 27.0 Å². The summed E-state index contributed by atoms with van der Waals surface area (Å²) >= 11 is 4.74. The third-order valence-corrected chi connectivity index (χ3v) is 4.51. The fourth-order valence-corrected chi connectivity index (χ4v) is 3.27. The first-order chi connectivity index (χ1) is 10.1. The summed E-state index contributed by atoms with van der Waals surface area (Å²) in [5.74, 6) is 7.29. The van der Waals surface area contributed by atoms with E-state index in [2.05, 4.69) is 26.1 Å². The number of aromatic nitrogens is 3. The minimum Gasteiger partial charge on any atom is -0.461 e. The Hall–Kier alpha value is -1.80. The van der Waals surface area contributed by atoms with E-state index in [-0.39, 0.29) is 5.82 Å². The van der Waals surface area contributed by atoms with Crippen LogP contribution in [0.2, 0.25) is 0 Å². The van der Waals surface area contributed by atoms with E-state index >= 15 is 0 Å². The molecular formula is C13H10BrFN4OS. The maximum atomic E-state index is 13.0. The number of nitrogen functional groups attached to an aromatic ring is 1. The minimum absolute atomic E-state index is 0.280. The zero-order chi connectivity index (χ0) is 14.8. The molecule has 2 heterocycles. The third-order valence-electron chi connectivity index (χ3n) is 2.78. The Labute approximate surface area is 132 Å². The first-order valence-corrected chi connectivity index (χ1v) is 7.74. The van der Waals surface area contributed by atoms with Crippen LogP contribution >= 0.6 is 27.7 Å². The summed E-state index contributed by atoms with van der Waals surface area (Å²) in [4.78, 5) is 0. The van der Waals surface area contributed by atoms with Crippen molar-refractivity contribution >= 4 is 27.7 Å². The molecule has 0 saturated heterocycles. The van der Waals surface area contributed by atoms with Gasteiger partial charge in [-0.3, -0.25) is 0 Å². The van der Waals surface area contributed by atoms with Crippen LogP contribution in [0.5, 0.6) is 0 Å². The molecule has 8 heteroatoms. The van der Waals surface area contributed by atoms with E-state index in [0.717, 1.165) is 5.56 Å². The third kappa shape index (κ3) is 2.96. The second-order valence-electron chi connectivity index (χ2n) is 4.18. The van der Waals surface area contributed by atoms with Gasteiger partial charge in [-0.2, -0.15) is 0 Å². The fourth-order valence-electron chi connectivity index (χ4n) is 1.73. The van der Waals surface area contributed by atoms with Gasteiger partial charge in [-0.25, -0.2) is 9.07 Å². The number of halogens is 2. The van der Waals surface area contributed by atoms with Crippen LogP contribution < -0.4 is 5.84 Å². The SMILES string of the molecule is Nn1c(SCc2ccc(F)cc2Br)nnc1-c1ccco1. The molecule has 1 aromatic carbocycles. The molecule has 0 atom stereocenters. The Morgan fingerprint density at radius 1 is 1.33 bits per heavy atom. The maximum absolute atomic E-state index is 13.0. The van der Waals surface area contributed by atoms with E-state index in [1.807, 2.05) is 0 Å². The summed E-state index contributed by atoms with van der Waals surface area (Å²) in [7, 11) is 0. The van der Waals surface area contributed by atoms with Crippen molar-refractivity contribution < 1.29 is 8.81 Å². The molecule has 3 aromatic rings. The first-order valence-electron chi connectivity index (χ1n) is 5.96. The number of hydrogen-bond donors (Lipinski definition) is 1. The Morgan fingerprint density at radius 2 is 2.19 bits per heavy atom. The first kappa shape index (κ1) is 14.2. The van der Waals surface area contributed by atoms with Crippen LogP contribution in [0.15, 0.2) is 50.6 Å². The zero-order valence-corrected chi connectivity index (χ0v) is 13.1. The van der Waals surface area contributed by atoms with Crippen molar-refractivity contribution in [3.8, 4) is 11.6 Å².